The fourth-order valence-corrected chi connectivity index (χ4v) is 2.11. The molecule has 6 heteroatoms. The van der Waals surface area contributed by atoms with Gasteiger partial charge in [-0.2, -0.15) is 11.8 Å². The first-order valence-corrected chi connectivity index (χ1v) is 6.63. The second kappa shape index (κ2) is 6.75. The topological polar surface area (TPSA) is 66.8 Å². The third-order valence-corrected chi connectivity index (χ3v) is 3.04. The van der Waals surface area contributed by atoms with Gasteiger partial charge in [-0.3, -0.25) is 4.79 Å². The van der Waals surface area contributed by atoms with Gasteiger partial charge in [-0.25, -0.2) is 4.79 Å². The number of carboxylic acid groups (broad SMARTS) is 1. The predicted octanol–water partition coefficient (Wildman–Crippen LogP) is 0.442. The Balaban J connectivity index is 2.23. The van der Waals surface area contributed by atoms with E-state index in [-0.39, 0.29) is 18.6 Å². The van der Waals surface area contributed by atoms with E-state index in [1.807, 2.05) is 11.2 Å². The summed E-state index contributed by atoms with van der Waals surface area (Å²) < 4.78 is 5.19. The summed E-state index contributed by atoms with van der Waals surface area (Å²) in [7, 11) is 0. The quantitative estimate of drug-likeness (QED) is 0.763. The van der Waals surface area contributed by atoms with Crippen LogP contribution < -0.4 is 0 Å². The molecule has 0 atom stereocenters. The van der Waals surface area contributed by atoms with Gasteiger partial charge in [0.15, 0.2) is 0 Å². The third kappa shape index (κ3) is 4.40. The molecule has 1 aliphatic rings. The van der Waals surface area contributed by atoms with Crippen LogP contribution >= 0.6 is 11.8 Å². The van der Waals surface area contributed by atoms with Crippen molar-refractivity contribution in [2.45, 2.75) is 18.9 Å². The Morgan fingerprint density at radius 1 is 1.44 bits per heavy atom. The molecule has 0 aromatic carbocycles. The normalized spacial score (nSPS) is 17.4. The lowest BCUT2D eigenvalue weighted by Crippen LogP contribution is -2.42. The molecule has 0 bridgehead atoms. The number of carbonyl (C=O) groups excluding carboxylic acids is 1. The van der Waals surface area contributed by atoms with Crippen LogP contribution in [0.2, 0.25) is 0 Å². The van der Waals surface area contributed by atoms with Crippen molar-refractivity contribution in [3.05, 3.63) is 0 Å². The van der Waals surface area contributed by atoms with Crippen molar-refractivity contribution in [1.82, 2.24) is 4.90 Å². The zero-order chi connectivity index (χ0) is 12.0. The van der Waals surface area contributed by atoms with Crippen molar-refractivity contribution in [3.63, 3.8) is 0 Å². The number of likely N-dealkylation sites (tertiary alicyclic amines) is 1. The summed E-state index contributed by atoms with van der Waals surface area (Å²) in [6.07, 6.45) is 3.34. The van der Waals surface area contributed by atoms with Gasteiger partial charge in [0.1, 0.15) is 6.61 Å². The molecular weight excluding hydrogens is 230 g/mol. The van der Waals surface area contributed by atoms with Crippen LogP contribution in [0.5, 0.6) is 0 Å². The fourth-order valence-electron chi connectivity index (χ4n) is 1.68. The lowest BCUT2D eigenvalue weighted by Gasteiger charge is -2.31. The maximum Gasteiger partial charge on any atom is 0.329 e. The van der Waals surface area contributed by atoms with E-state index < -0.39 is 5.97 Å². The summed E-state index contributed by atoms with van der Waals surface area (Å²) in [5, 5.41) is 8.46. The first kappa shape index (κ1) is 13.3. The van der Waals surface area contributed by atoms with Gasteiger partial charge in [-0.1, -0.05) is 0 Å². The Hall–Kier alpha value is -0.750. The third-order valence-electron chi connectivity index (χ3n) is 2.51. The van der Waals surface area contributed by atoms with Crippen LogP contribution in [0.3, 0.4) is 0 Å². The van der Waals surface area contributed by atoms with Crippen LogP contribution in [0.25, 0.3) is 0 Å². The Bertz CT molecular complexity index is 251. The molecule has 16 heavy (non-hydrogen) atoms. The van der Waals surface area contributed by atoms with Gasteiger partial charge in [0.2, 0.25) is 5.91 Å². The van der Waals surface area contributed by atoms with Crippen molar-refractivity contribution in [2.24, 2.45) is 0 Å². The standard InChI is InChI=1S/C10H17NO4S/c1-16-7-9(12)11-4-2-8(3-5-11)15-6-10(13)14/h8H,2-7H2,1H3,(H,13,14). The zero-order valence-corrected chi connectivity index (χ0v) is 10.2. The molecule has 1 saturated heterocycles. The highest BCUT2D eigenvalue weighted by Crippen LogP contribution is 2.14. The van der Waals surface area contributed by atoms with Crippen molar-refractivity contribution >= 4 is 23.6 Å². The van der Waals surface area contributed by atoms with E-state index >= 15 is 0 Å². The first-order chi connectivity index (χ1) is 7.63. The maximum atomic E-state index is 11.5. The largest absolute Gasteiger partial charge is 0.480 e. The molecule has 92 valence electrons. The smallest absolute Gasteiger partial charge is 0.329 e. The zero-order valence-electron chi connectivity index (χ0n) is 9.35. The summed E-state index contributed by atoms with van der Waals surface area (Å²) in [6, 6.07) is 0. The van der Waals surface area contributed by atoms with Crippen LogP contribution in [0.4, 0.5) is 0 Å². The van der Waals surface area contributed by atoms with E-state index in [9.17, 15) is 9.59 Å². The molecule has 0 aromatic rings. The Morgan fingerprint density at radius 2 is 2.06 bits per heavy atom. The van der Waals surface area contributed by atoms with Crippen LogP contribution in [-0.4, -0.2) is 59.7 Å². The molecule has 0 saturated carbocycles. The number of amides is 1. The van der Waals surface area contributed by atoms with E-state index in [1.165, 1.54) is 11.8 Å². The summed E-state index contributed by atoms with van der Waals surface area (Å²) in [5.41, 5.74) is 0. The van der Waals surface area contributed by atoms with E-state index in [1.54, 1.807) is 0 Å². The molecular formula is C10H17NO4S. The number of hydrogen-bond donors (Lipinski definition) is 1. The highest BCUT2D eigenvalue weighted by Gasteiger charge is 2.23. The number of rotatable bonds is 5. The maximum absolute atomic E-state index is 11.5. The van der Waals surface area contributed by atoms with Crippen LogP contribution in [0.1, 0.15) is 12.8 Å². The van der Waals surface area contributed by atoms with Gasteiger partial charge in [0, 0.05) is 13.1 Å². The molecule has 1 rings (SSSR count). The highest BCUT2D eigenvalue weighted by atomic mass is 32.2. The summed E-state index contributed by atoms with van der Waals surface area (Å²) >= 11 is 1.52. The molecule has 0 radical (unpaired) electrons. The highest BCUT2D eigenvalue weighted by molar-refractivity contribution is 7.99. The Kier molecular flexibility index (Phi) is 5.62. The molecule has 1 aliphatic heterocycles. The second-order valence-electron chi connectivity index (χ2n) is 3.72. The minimum Gasteiger partial charge on any atom is -0.480 e. The van der Waals surface area contributed by atoms with Crippen LogP contribution in [0.15, 0.2) is 0 Å². The second-order valence-corrected chi connectivity index (χ2v) is 4.58. The Morgan fingerprint density at radius 3 is 2.56 bits per heavy atom. The lowest BCUT2D eigenvalue weighted by molar-refractivity contribution is -0.146. The first-order valence-electron chi connectivity index (χ1n) is 5.23. The molecule has 1 N–H and O–H groups in total. The number of carboxylic acids is 1. The van der Waals surface area contributed by atoms with E-state index in [4.69, 9.17) is 9.84 Å². The SMILES string of the molecule is CSCC(=O)N1CCC(OCC(=O)O)CC1. The van der Waals surface area contributed by atoms with E-state index in [0.717, 1.165) is 12.8 Å². The van der Waals surface area contributed by atoms with Crippen molar-refractivity contribution in [1.29, 1.82) is 0 Å². The van der Waals surface area contributed by atoms with Gasteiger partial charge in [-0.15, -0.1) is 0 Å². The van der Waals surface area contributed by atoms with Crippen LogP contribution in [0, 0.1) is 0 Å². The number of ether oxygens (including phenoxy) is 1. The van der Waals surface area contributed by atoms with Crippen molar-refractivity contribution in [3.8, 4) is 0 Å². The average Bonchev–Trinajstić information content (AvgIpc) is 2.27. The number of piperidine rings is 1. The van der Waals surface area contributed by atoms with Crippen LogP contribution in [-0.2, 0) is 14.3 Å². The number of thioether (sulfide) groups is 1. The number of hydrogen-bond acceptors (Lipinski definition) is 4. The molecule has 1 amide bonds. The minimum absolute atomic E-state index is 0.0190. The molecule has 0 aliphatic carbocycles. The van der Waals surface area contributed by atoms with Crippen molar-refractivity contribution < 1.29 is 19.4 Å². The monoisotopic (exact) mass is 247 g/mol. The molecule has 5 nitrogen and oxygen atoms in total. The van der Waals surface area contributed by atoms with E-state index in [2.05, 4.69) is 0 Å². The molecule has 1 fully saturated rings. The van der Waals surface area contributed by atoms with Crippen molar-refractivity contribution in [2.75, 3.05) is 31.7 Å². The van der Waals surface area contributed by atoms with Gasteiger partial charge < -0.3 is 14.7 Å². The van der Waals surface area contributed by atoms with Gasteiger partial charge in [-0.05, 0) is 19.1 Å². The summed E-state index contributed by atoms with van der Waals surface area (Å²) in [4.78, 5) is 23.7. The van der Waals surface area contributed by atoms with Gasteiger partial charge in [0.25, 0.3) is 0 Å². The minimum atomic E-state index is -0.944. The summed E-state index contributed by atoms with van der Waals surface area (Å²) in [6.45, 7) is 1.09. The predicted molar refractivity (Wildman–Crippen MR) is 61.6 cm³/mol. The molecule has 1 heterocycles. The van der Waals surface area contributed by atoms with Gasteiger partial charge in [0.05, 0.1) is 11.9 Å². The Labute approximate surface area is 99.1 Å². The average molecular weight is 247 g/mol. The number of aliphatic carboxylic acids is 1. The molecule has 0 unspecified atom stereocenters. The number of nitrogens with zero attached hydrogens (tertiary/aromatic N) is 1. The van der Waals surface area contributed by atoms with Gasteiger partial charge >= 0.3 is 5.97 Å². The fraction of sp³-hybridized carbons (Fsp3) is 0.800. The number of carbonyl (C=O) groups is 2. The van der Waals surface area contributed by atoms with E-state index in [0.29, 0.717) is 18.8 Å². The molecule has 0 aromatic heterocycles. The lowest BCUT2D eigenvalue weighted by atomic mass is 10.1. The molecule has 0 spiro atoms. The summed E-state index contributed by atoms with van der Waals surface area (Å²) in [5.74, 6) is -0.272.